The molecule has 6 nitrogen and oxygen atoms in total. The first-order valence-corrected chi connectivity index (χ1v) is 10.8. The van der Waals surface area contributed by atoms with E-state index in [0.717, 1.165) is 43.8 Å². The lowest BCUT2D eigenvalue weighted by Crippen LogP contribution is -2.15. The number of aliphatic carboxylic acids is 1. The van der Waals surface area contributed by atoms with Crippen LogP contribution in [-0.2, 0) is 35.0 Å². The Morgan fingerprint density at radius 3 is 2.44 bits per heavy atom. The monoisotopic (exact) mass is 449 g/mol. The van der Waals surface area contributed by atoms with Crippen molar-refractivity contribution in [2.24, 2.45) is 0 Å². The van der Waals surface area contributed by atoms with E-state index >= 15 is 0 Å². The molecule has 172 valence electrons. The molecule has 1 atom stereocenters. The molecule has 0 spiro atoms. The minimum Gasteiger partial charge on any atom is -0.481 e. The van der Waals surface area contributed by atoms with E-state index in [1.807, 2.05) is 6.07 Å². The summed E-state index contributed by atoms with van der Waals surface area (Å²) in [5.74, 6) is -3.32. The highest BCUT2D eigenvalue weighted by Gasteiger charge is 2.34. The van der Waals surface area contributed by atoms with E-state index in [2.05, 4.69) is 16.0 Å². The highest BCUT2D eigenvalue weighted by Crippen LogP contribution is 2.28. The molecule has 2 heterocycles. The van der Waals surface area contributed by atoms with Crippen molar-refractivity contribution in [2.75, 3.05) is 0 Å². The first kappa shape index (κ1) is 23.8. The highest BCUT2D eigenvalue weighted by atomic mass is 19.4. The summed E-state index contributed by atoms with van der Waals surface area (Å²) in [7, 11) is 0. The van der Waals surface area contributed by atoms with Crippen molar-refractivity contribution in [1.82, 2.24) is 15.0 Å². The van der Waals surface area contributed by atoms with Crippen LogP contribution in [0.15, 0.2) is 24.5 Å². The molecule has 0 amide bonds. The Morgan fingerprint density at radius 1 is 1.03 bits per heavy atom. The lowest BCUT2D eigenvalue weighted by Gasteiger charge is -2.15. The van der Waals surface area contributed by atoms with Gasteiger partial charge in [-0.2, -0.15) is 13.2 Å². The van der Waals surface area contributed by atoms with Crippen molar-refractivity contribution in [3.8, 4) is 0 Å². The van der Waals surface area contributed by atoms with Crippen LogP contribution in [0, 0.1) is 0 Å². The van der Waals surface area contributed by atoms with Gasteiger partial charge in [0.05, 0.1) is 6.42 Å². The van der Waals surface area contributed by atoms with Crippen LogP contribution in [0.5, 0.6) is 0 Å². The standard InChI is InChI=1S/C23H26F3N3O3/c24-23(25,26)22-27-13-17(14-28-22)16(12-21(31)32)11-19(30)7-3-2-6-18-10-9-15-5-1-4-8-20(15)29-18/h9-10,13-14,16H,1-8,11-12H2,(H,31,32). The minimum absolute atomic E-state index is 0.0713. The summed E-state index contributed by atoms with van der Waals surface area (Å²) in [4.78, 5) is 34.9. The topological polar surface area (TPSA) is 93.0 Å². The summed E-state index contributed by atoms with van der Waals surface area (Å²) in [6.45, 7) is 0. The van der Waals surface area contributed by atoms with Crippen LogP contribution in [0.1, 0.15) is 79.2 Å². The second-order valence-corrected chi connectivity index (χ2v) is 8.20. The Kier molecular flexibility index (Phi) is 7.93. The van der Waals surface area contributed by atoms with Gasteiger partial charge in [-0.3, -0.25) is 14.6 Å². The normalized spacial score (nSPS) is 14.6. The number of ketones is 1. The van der Waals surface area contributed by atoms with Gasteiger partial charge in [-0.15, -0.1) is 0 Å². The van der Waals surface area contributed by atoms with Gasteiger partial charge in [0.1, 0.15) is 5.78 Å². The molecule has 9 heteroatoms. The van der Waals surface area contributed by atoms with Gasteiger partial charge in [-0.25, -0.2) is 9.97 Å². The Balaban J connectivity index is 1.50. The maximum absolute atomic E-state index is 12.6. The first-order valence-electron chi connectivity index (χ1n) is 10.8. The Hall–Kier alpha value is -2.84. The molecule has 32 heavy (non-hydrogen) atoms. The molecule has 1 aliphatic rings. The number of pyridine rings is 1. The SMILES string of the molecule is O=C(O)CC(CC(=O)CCCCc1ccc2c(n1)CCCC2)c1cnc(C(F)(F)F)nc1. The smallest absolute Gasteiger partial charge is 0.451 e. The van der Waals surface area contributed by atoms with E-state index in [-0.39, 0.29) is 30.6 Å². The largest absolute Gasteiger partial charge is 0.481 e. The maximum Gasteiger partial charge on any atom is 0.451 e. The number of alkyl halides is 3. The third-order valence-corrected chi connectivity index (χ3v) is 5.67. The number of nitrogens with zero attached hydrogens (tertiary/aromatic N) is 3. The molecule has 0 bridgehead atoms. The first-order chi connectivity index (χ1) is 15.2. The molecule has 0 aliphatic heterocycles. The molecule has 0 aromatic carbocycles. The summed E-state index contributed by atoms with van der Waals surface area (Å²) in [5, 5.41) is 9.13. The average molecular weight is 449 g/mol. The van der Waals surface area contributed by atoms with E-state index in [0.29, 0.717) is 6.42 Å². The van der Waals surface area contributed by atoms with Gasteiger partial charge in [0.25, 0.3) is 0 Å². The number of aromatic nitrogens is 3. The molecular formula is C23H26F3N3O3. The fraction of sp³-hybridized carbons (Fsp3) is 0.522. The van der Waals surface area contributed by atoms with Crippen LogP contribution in [0.2, 0.25) is 0 Å². The molecule has 1 aliphatic carbocycles. The number of rotatable bonds is 10. The van der Waals surface area contributed by atoms with Gasteiger partial charge in [0.15, 0.2) is 0 Å². The Bertz CT molecular complexity index is 946. The summed E-state index contributed by atoms with van der Waals surface area (Å²) >= 11 is 0. The number of carboxylic acids is 1. The average Bonchev–Trinajstić information content (AvgIpc) is 2.75. The van der Waals surface area contributed by atoms with Crippen LogP contribution < -0.4 is 0 Å². The molecular weight excluding hydrogens is 423 g/mol. The van der Waals surface area contributed by atoms with Gasteiger partial charge in [-0.1, -0.05) is 6.07 Å². The van der Waals surface area contributed by atoms with Crippen molar-refractivity contribution in [3.05, 3.63) is 52.9 Å². The van der Waals surface area contributed by atoms with Gasteiger partial charge in [0.2, 0.25) is 5.82 Å². The number of fused-ring (bicyclic) bond motifs is 1. The molecule has 0 fully saturated rings. The lowest BCUT2D eigenvalue weighted by molar-refractivity contribution is -0.145. The summed E-state index contributed by atoms with van der Waals surface area (Å²) in [6.07, 6.45) is 3.73. The molecule has 2 aromatic heterocycles. The highest BCUT2D eigenvalue weighted by molar-refractivity contribution is 5.80. The van der Waals surface area contributed by atoms with Crippen molar-refractivity contribution < 1.29 is 27.9 Å². The van der Waals surface area contributed by atoms with Crippen LogP contribution >= 0.6 is 0 Å². The van der Waals surface area contributed by atoms with Crippen LogP contribution in [0.3, 0.4) is 0 Å². The number of halogens is 3. The van der Waals surface area contributed by atoms with Crippen molar-refractivity contribution in [2.45, 2.75) is 76.3 Å². The number of Topliss-reactive ketones (excluding diaryl/α,β-unsaturated/α-hetero) is 1. The van der Waals surface area contributed by atoms with E-state index in [1.165, 1.54) is 24.1 Å². The van der Waals surface area contributed by atoms with Gasteiger partial charge < -0.3 is 5.11 Å². The summed E-state index contributed by atoms with van der Waals surface area (Å²) in [5.41, 5.74) is 3.74. The molecule has 0 radical (unpaired) electrons. The molecule has 3 rings (SSSR count). The number of carbonyl (C=O) groups is 2. The maximum atomic E-state index is 12.6. The number of carboxylic acid groups (broad SMARTS) is 1. The number of hydrogen-bond acceptors (Lipinski definition) is 5. The molecule has 0 saturated heterocycles. The Labute approximate surface area is 184 Å². The van der Waals surface area contributed by atoms with E-state index in [9.17, 15) is 22.8 Å². The van der Waals surface area contributed by atoms with Crippen molar-refractivity contribution in [1.29, 1.82) is 0 Å². The van der Waals surface area contributed by atoms with E-state index in [4.69, 9.17) is 10.1 Å². The van der Waals surface area contributed by atoms with Crippen molar-refractivity contribution >= 4 is 11.8 Å². The molecule has 1 unspecified atom stereocenters. The minimum atomic E-state index is -4.68. The van der Waals surface area contributed by atoms with Gasteiger partial charge >= 0.3 is 12.1 Å². The predicted molar refractivity (Wildman–Crippen MR) is 110 cm³/mol. The second-order valence-electron chi connectivity index (χ2n) is 8.20. The number of carbonyl (C=O) groups excluding carboxylic acids is 1. The number of aryl methyl sites for hydroxylation is 3. The van der Waals surface area contributed by atoms with Gasteiger partial charge in [0, 0.05) is 42.5 Å². The zero-order valence-electron chi connectivity index (χ0n) is 17.7. The summed E-state index contributed by atoms with van der Waals surface area (Å²) in [6, 6.07) is 4.18. The second kappa shape index (κ2) is 10.7. The fourth-order valence-electron chi connectivity index (χ4n) is 3.99. The van der Waals surface area contributed by atoms with Gasteiger partial charge in [-0.05, 0) is 62.1 Å². The van der Waals surface area contributed by atoms with Crippen molar-refractivity contribution in [3.63, 3.8) is 0 Å². The quantitative estimate of drug-likeness (QED) is 0.529. The van der Waals surface area contributed by atoms with Crippen LogP contribution in [-0.4, -0.2) is 31.8 Å². The van der Waals surface area contributed by atoms with Crippen LogP contribution in [0.25, 0.3) is 0 Å². The van der Waals surface area contributed by atoms with E-state index < -0.39 is 23.9 Å². The third-order valence-electron chi connectivity index (χ3n) is 5.67. The summed E-state index contributed by atoms with van der Waals surface area (Å²) < 4.78 is 37.9. The molecule has 1 N–H and O–H groups in total. The van der Waals surface area contributed by atoms with E-state index in [1.54, 1.807) is 0 Å². The molecule has 2 aromatic rings. The number of hydrogen-bond donors (Lipinski definition) is 1. The third kappa shape index (κ3) is 6.83. The van der Waals surface area contributed by atoms with Crippen LogP contribution in [0.4, 0.5) is 13.2 Å². The fourth-order valence-corrected chi connectivity index (χ4v) is 3.99. The zero-order chi connectivity index (χ0) is 23.1. The lowest BCUT2D eigenvalue weighted by atomic mass is 9.91. The molecule has 0 saturated carbocycles. The number of unbranched alkanes of at least 4 members (excludes halogenated alkanes) is 1. The zero-order valence-corrected chi connectivity index (χ0v) is 17.7. The Morgan fingerprint density at radius 2 is 1.75 bits per heavy atom. The predicted octanol–water partition coefficient (Wildman–Crippen LogP) is 4.70.